The molecule has 1 heterocycles. The van der Waals surface area contributed by atoms with E-state index in [4.69, 9.17) is 0 Å². The van der Waals surface area contributed by atoms with Gasteiger partial charge in [-0.15, -0.1) is 10.2 Å². The van der Waals surface area contributed by atoms with Crippen LogP contribution in [0.4, 0.5) is 18.3 Å². The minimum Gasteiger partial charge on any atom is -0.296 e. The molecule has 0 atom stereocenters. The fraction of sp³-hybridized carbons (Fsp3) is 0.167. The van der Waals surface area contributed by atoms with E-state index >= 15 is 0 Å². The number of aromatic nitrogens is 2. The molecule has 3 aromatic rings. The highest BCUT2D eigenvalue weighted by Gasteiger charge is 2.32. The molecule has 1 aromatic heterocycles. The highest BCUT2D eigenvalue weighted by Crippen LogP contribution is 2.35. The standard InChI is InChI=1S/C18H14F3N3OS2/c1-11-6-2-4-8-13(11)15(25)22-16-23-24-17(27-16)26-10-12-7-3-5-9-14(12)18(19,20)21/h2-9H,10H2,1H3,(H,22,23,25). The molecule has 2 aromatic carbocycles. The number of carbonyl (C=O) groups excluding carboxylic acids is 1. The molecule has 3 rings (SSSR count). The Morgan fingerprint density at radius 2 is 1.81 bits per heavy atom. The molecule has 0 fully saturated rings. The minimum atomic E-state index is -4.40. The van der Waals surface area contributed by atoms with Crippen molar-refractivity contribution in [3.63, 3.8) is 0 Å². The lowest BCUT2D eigenvalue weighted by atomic mass is 10.1. The number of rotatable bonds is 5. The molecule has 0 radical (unpaired) electrons. The van der Waals surface area contributed by atoms with Gasteiger partial charge in [0, 0.05) is 11.3 Å². The third-order valence-corrected chi connectivity index (χ3v) is 5.71. The number of benzene rings is 2. The minimum absolute atomic E-state index is 0.107. The fourth-order valence-electron chi connectivity index (χ4n) is 2.37. The van der Waals surface area contributed by atoms with E-state index < -0.39 is 11.7 Å². The number of thioether (sulfide) groups is 1. The van der Waals surface area contributed by atoms with E-state index in [0.717, 1.165) is 34.7 Å². The molecular weight excluding hydrogens is 395 g/mol. The van der Waals surface area contributed by atoms with Crippen LogP contribution >= 0.6 is 23.1 Å². The van der Waals surface area contributed by atoms with Gasteiger partial charge in [0.2, 0.25) is 5.13 Å². The van der Waals surface area contributed by atoms with Crippen LogP contribution in [0, 0.1) is 6.92 Å². The topological polar surface area (TPSA) is 54.9 Å². The third kappa shape index (κ3) is 4.86. The van der Waals surface area contributed by atoms with E-state index in [1.165, 1.54) is 12.1 Å². The Bertz CT molecular complexity index is 957. The average Bonchev–Trinajstić information content (AvgIpc) is 3.07. The first-order chi connectivity index (χ1) is 12.8. The van der Waals surface area contributed by atoms with Gasteiger partial charge in [0.15, 0.2) is 4.34 Å². The van der Waals surface area contributed by atoms with Crippen LogP contribution < -0.4 is 5.32 Å². The van der Waals surface area contributed by atoms with Gasteiger partial charge in [0.25, 0.3) is 5.91 Å². The zero-order chi connectivity index (χ0) is 19.4. The van der Waals surface area contributed by atoms with E-state index in [9.17, 15) is 18.0 Å². The maximum atomic E-state index is 13.0. The van der Waals surface area contributed by atoms with Crippen molar-refractivity contribution < 1.29 is 18.0 Å². The van der Waals surface area contributed by atoms with Gasteiger partial charge < -0.3 is 0 Å². The van der Waals surface area contributed by atoms with Crippen LogP contribution in [0.15, 0.2) is 52.9 Å². The highest BCUT2D eigenvalue weighted by molar-refractivity contribution is 8.00. The quantitative estimate of drug-likeness (QED) is 0.452. The molecule has 0 saturated heterocycles. The SMILES string of the molecule is Cc1ccccc1C(=O)Nc1nnc(SCc2ccccc2C(F)(F)F)s1. The van der Waals surface area contributed by atoms with Crippen molar-refractivity contribution in [3.8, 4) is 0 Å². The number of anilines is 1. The molecule has 1 N–H and O–H groups in total. The Hall–Kier alpha value is -2.39. The second-order valence-electron chi connectivity index (χ2n) is 5.59. The van der Waals surface area contributed by atoms with Crippen molar-refractivity contribution in [2.75, 3.05) is 5.32 Å². The second kappa shape index (κ2) is 8.10. The summed E-state index contributed by atoms with van der Waals surface area (Å²) in [6, 6.07) is 12.6. The number of amides is 1. The smallest absolute Gasteiger partial charge is 0.296 e. The Kier molecular flexibility index (Phi) is 5.81. The highest BCUT2D eigenvalue weighted by atomic mass is 32.2. The predicted molar refractivity (Wildman–Crippen MR) is 100 cm³/mol. The number of carbonyl (C=O) groups is 1. The maximum absolute atomic E-state index is 13.0. The Morgan fingerprint density at radius 1 is 1.11 bits per heavy atom. The van der Waals surface area contributed by atoms with Crippen LogP contribution in [-0.2, 0) is 11.9 Å². The van der Waals surface area contributed by atoms with Gasteiger partial charge in [0.05, 0.1) is 5.56 Å². The number of halogens is 3. The van der Waals surface area contributed by atoms with Crippen molar-refractivity contribution in [1.29, 1.82) is 0 Å². The molecule has 4 nitrogen and oxygen atoms in total. The third-order valence-electron chi connectivity index (χ3n) is 3.69. The zero-order valence-electron chi connectivity index (χ0n) is 14.1. The number of alkyl halides is 3. The van der Waals surface area contributed by atoms with E-state index in [2.05, 4.69) is 15.5 Å². The Labute approximate surface area is 161 Å². The zero-order valence-corrected chi connectivity index (χ0v) is 15.7. The normalized spacial score (nSPS) is 11.4. The molecule has 27 heavy (non-hydrogen) atoms. The summed E-state index contributed by atoms with van der Waals surface area (Å²) in [4.78, 5) is 12.3. The largest absolute Gasteiger partial charge is 0.416 e. The van der Waals surface area contributed by atoms with Gasteiger partial charge in [-0.2, -0.15) is 13.2 Å². The number of nitrogens with one attached hydrogen (secondary N) is 1. The predicted octanol–water partition coefficient (Wildman–Crippen LogP) is 5.41. The first-order valence-electron chi connectivity index (χ1n) is 7.83. The van der Waals surface area contributed by atoms with Crippen LogP contribution in [0.1, 0.15) is 27.0 Å². The van der Waals surface area contributed by atoms with Gasteiger partial charge in [-0.1, -0.05) is 59.5 Å². The Morgan fingerprint density at radius 3 is 2.56 bits per heavy atom. The van der Waals surface area contributed by atoms with Crippen molar-refractivity contribution in [1.82, 2.24) is 10.2 Å². The molecule has 0 spiro atoms. The summed E-state index contributed by atoms with van der Waals surface area (Å²) in [6.07, 6.45) is -4.40. The van der Waals surface area contributed by atoms with E-state index in [0.29, 0.717) is 15.0 Å². The summed E-state index contributed by atoms with van der Waals surface area (Å²) in [5.74, 6) is -0.195. The molecule has 0 bridgehead atoms. The molecular formula is C18H14F3N3OS2. The van der Waals surface area contributed by atoms with Crippen molar-refractivity contribution >= 4 is 34.1 Å². The summed E-state index contributed by atoms with van der Waals surface area (Å²) < 4.78 is 39.6. The van der Waals surface area contributed by atoms with Gasteiger partial charge in [-0.3, -0.25) is 10.1 Å². The number of hydrogen-bond donors (Lipinski definition) is 1. The fourth-order valence-corrected chi connectivity index (χ4v) is 4.12. The van der Waals surface area contributed by atoms with Gasteiger partial charge in [0.1, 0.15) is 0 Å². The molecule has 0 aliphatic rings. The molecule has 0 saturated carbocycles. The Balaban J connectivity index is 1.66. The van der Waals surface area contributed by atoms with Crippen LogP contribution in [0.25, 0.3) is 0 Å². The van der Waals surface area contributed by atoms with E-state index in [1.807, 2.05) is 19.1 Å². The van der Waals surface area contributed by atoms with Gasteiger partial charge >= 0.3 is 6.18 Å². The van der Waals surface area contributed by atoms with Gasteiger partial charge in [-0.05, 0) is 30.2 Å². The lowest BCUT2D eigenvalue weighted by molar-refractivity contribution is -0.138. The molecule has 1 amide bonds. The first kappa shape index (κ1) is 19.4. The molecule has 0 aliphatic heterocycles. The number of hydrogen-bond acceptors (Lipinski definition) is 5. The molecule has 9 heteroatoms. The van der Waals surface area contributed by atoms with E-state index in [1.54, 1.807) is 18.2 Å². The summed E-state index contributed by atoms with van der Waals surface area (Å²) in [6.45, 7) is 1.83. The summed E-state index contributed by atoms with van der Waals surface area (Å²) in [7, 11) is 0. The average molecular weight is 409 g/mol. The number of aryl methyl sites for hydroxylation is 1. The van der Waals surface area contributed by atoms with Gasteiger partial charge in [-0.25, -0.2) is 0 Å². The van der Waals surface area contributed by atoms with Crippen LogP contribution in [0.2, 0.25) is 0 Å². The summed E-state index contributed by atoms with van der Waals surface area (Å²) in [5, 5.41) is 10.8. The lowest BCUT2D eigenvalue weighted by Gasteiger charge is -2.11. The van der Waals surface area contributed by atoms with E-state index in [-0.39, 0.29) is 17.2 Å². The summed E-state index contributed by atoms with van der Waals surface area (Å²) in [5.41, 5.74) is 0.879. The van der Waals surface area contributed by atoms with Crippen molar-refractivity contribution in [3.05, 3.63) is 70.8 Å². The van der Waals surface area contributed by atoms with Crippen LogP contribution in [0.3, 0.4) is 0 Å². The van der Waals surface area contributed by atoms with Crippen LogP contribution in [-0.4, -0.2) is 16.1 Å². The summed E-state index contributed by atoms with van der Waals surface area (Å²) >= 11 is 2.27. The monoisotopic (exact) mass is 409 g/mol. The molecule has 140 valence electrons. The molecule has 0 unspecified atom stereocenters. The number of nitrogens with zero attached hydrogens (tertiary/aromatic N) is 2. The van der Waals surface area contributed by atoms with Crippen molar-refractivity contribution in [2.45, 2.75) is 23.2 Å². The molecule has 0 aliphatic carbocycles. The van der Waals surface area contributed by atoms with Crippen molar-refractivity contribution in [2.24, 2.45) is 0 Å². The first-order valence-corrected chi connectivity index (χ1v) is 9.63. The maximum Gasteiger partial charge on any atom is 0.416 e. The lowest BCUT2D eigenvalue weighted by Crippen LogP contribution is -2.12. The van der Waals surface area contributed by atoms with Crippen LogP contribution in [0.5, 0.6) is 0 Å². The second-order valence-corrected chi connectivity index (χ2v) is 7.79.